The monoisotopic (exact) mass is 391 g/mol. The van der Waals surface area contributed by atoms with Crippen molar-refractivity contribution in [3.63, 3.8) is 0 Å². The molecule has 0 atom stereocenters. The number of hydrogen-bond acceptors (Lipinski definition) is 1. The topological polar surface area (TPSA) is 3.24 Å². The molecule has 166 valence electrons. The Balaban J connectivity index is 3.50. The fourth-order valence-corrected chi connectivity index (χ4v) is 4.12. The Hall–Kier alpha value is -0.520. The van der Waals surface area contributed by atoms with Gasteiger partial charge in [0.1, 0.15) is 0 Å². The minimum absolute atomic E-state index is 1.23. The van der Waals surface area contributed by atoms with Gasteiger partial charge in [-0.05, 0) is 70.2 Å². The predicted octanol–water partition coefficient (Wildman–Crippen LogP) is 9.08. The maximum atomic E-state index is 3.93. The Kier molecular flexibility index (Phi) is 22.3. The average molecular weight is 392 g/mol. The predicted molar refractivity (Wildman–Crippen MR) is 129 cm³/mol. The van der Waals surface area contributed by atoms with Gasteiger partial charge >= 0.3 is 0 Å². The summed E-state index contributed by atoms with van der Waals surface area (Å²) in [6, 6.07) is 0. The summed E-state index contributed by atoms with van der Waals surface area (Å²) in [6.07, 6.45) is 24.6. The Morgan fingerprint density at radius 1 is 0.536 bits per heavy atom. The number of unbranched alkanes of at least 4 members (excludes halogenated alkanes) is 12. The lowest BCUT2D eigenvalue weighted by molar-refractivity contribution is 0.268. The van der Waals surface area contributed by atoms with E-state index in [0.29, 0.717) is 0 Å². The Labute approximate surface area is 179 Å². The summed E-state index contributed by atoms with van der Waals surface area (Å²) in [4.78, 5) is 2.64. The third-order valence-corrected chi connectivity index (χ3v) is 5.86. The van der Waals surface area contributed by atoms with Gasteiger partial charge < -0.3 is 4.90 Å². The second-order valence-electron chi connectivity index (χ2n) is 8.72. The van der Waals surface area contributed by atoms with Crippen molar-refractivity contribution in [3.05, 3.63) is 17.9 Å². The number of allylic oxidation sites excluding steroid dienone is 1. The lowest BCUT2D eigenvalue weighted by Crippen LogP contribution is -2.26. The highest BCUT2D eigenvalue weighted by Crippen LogP contribution is 2.17. The van der Waals surface area contributed by atoms with Crippen molar-refractivity contribution < 1.29 is 0 Å². The van der Waals surface area contributed by atoms with Gasteiger partial charge in [-0.15, -0.1) is 5.73 Å². The quantitative estimate of drug-likeness (QED) is 0.131. The molecule has 28 heavy (non-hydrogen) atoms. The third-order valence-electron chi connectivity index (χ3n) is 5.86. The minimum atomic E-state index is 1.23. The molecule has 0 aromatic heterocycles. The van der Waals surface area contributed by atoms with E-state index in [-0.39, 0.29) is 0 Å². The van der Waals surface area contributed by atoms with Crippen LogP contribution in [0.1, 0.15) is 136 Å². The minimum Gasteiger partial charge on any atom is -0.303 e. The van der Waals surface area contributed by atoms with Gasteiger partial charge in [0.25, 0.3) is 0 Å². The third kappa shape index (κ3) is 18.8. The highest BCUT2D eigenvalue weighted by Gasteiger charge is 2.02. The molecule has 0 aliphatic carbocycles. The normalized spacial score (nSPS) is 11.1. The largest absolute Gasteiger partial charge is 0.303 e. The molecule has 0 aliphatic heterocycles. The summed E-state index contributed by atoms with van der Waals surface area (Å²) in [5, 5.41) is 0. The summed E-state index contributed by atoms with van der Waals surface area (Å²) >= 11 is 0. The molecule has 0 radical (unpaired) electrons. The van der Waals surface area contributed by atoms with Gasteiger partial charge in [-0.3, -0.25) is 0 Å². The molecule has 0 bridgehead atoms. The maximum Gasteiger partial charge on any atom is -0.00187 e. The second-order valence-corrected chi connectivity index (χ2v) is 8.72. The van der Waals surface area contributed by atoms with Crippen LogP contribution in [0.4, 0.5) is 0 Å². The molecule has 0 aromatic carbocycles. The van der Waals surface area contributed by atoms with Crippen molar-refractivity contribution in [1.29, 1.82) is 0 Å². The summed E-state index contributed by atoms with van der Waals surface area (Å²) in [6.45, 7) is 14.7. The van der Waals surface area contributed by atoms with Crippen LogP contribution in [-0.4, -0.2) is 24.5 Å². The molecule has 0 aromatic rings. The van der Waals surface area contributed by atoms with E-state index in [4.69, 9.17) is 0 Å². The number of hydrogen-bond donors (Lipinski definition) is 0. The van der Waals surface area contributed by atoms with Crippen LogP contribution in [0.2, 0.25) is 0 Å². The van der Waals surface area contributed by atoms with Gasteiger partial charge in [-0.2, -0.15) is 0 Å². The van der Waals surface area contributed by atoms with Crippen molar-refractivity contribution in [2.75, 3.05) is 19.6 Å². The molecule has 0 saturated heterocycles. The molecule has 0 heterocycles. The molecule has 0 fully saturated rings. The summed E-state index contributed by atoms with van der Waals surface area (Å²) < 4.78 is 0. The van der Waals surface area contributed by atoms with E-state index < -0.39 is 0 Å². The van der Waals surface area contributed by atoms with Crippen LogP contribution >= 0.6 is 0 Å². The van der Waals surface area contributed by atoms with Crippen LogP contribution in [0.15, 0.2) is 17.9 Å². The highest BCUT2D eigenvalue weighted by atomic mass is 15.1. The molecule has 0 amide bonds. The van der Waals surface area contributed by atoms with Crippen molar-refractivity contribution in [2.45, 2.75) is 136 Å². The summed E-state index contributed by atoms with van der Waals surface area (Å²) in [5.41, 5.74) is 4.72. The van der Waals surface area contributed by atoms with E-state index in [1.54, 1.807) is 0 Å². The van der Waals surface area contributed by atoms with E-state index in [2.05, 4.69) is 38.0 Å². The fraction of sp³-hybridized carbons (Fsp3) is 0.889. The average Bonchev–Trinajstić information content (AvgIpc) is 2.70. The molecule has 1 nitrogen and oxygen atoms in total. The molecule has 0 unspecified atom stereocenters. The van der Waals surface area contributed by atoms with Gasteiger partial charge in [0.15, 0.2) is 0 Å². The molecule has 0 N–H and O–H groups in total. The summed E-state index contributed by atoms with van der Waals surface area (Å²) in [7, 11) is 0. The van der Waals surface area contributed by atoms with Crippen LogP contribution in [-0.2, 0) is 0 Å². The maximum absolute atomic E-state index is 3.93. The van der Waals surface area contributed by atoms with Crippen molar-refractivity contribution in [3.8, 4) is 0 Å². The van der Waals surface area contributed by atoms with Gasteiger partial charge in [0, 0.05) is 0 Å². The number of nitrogens with zero attached hydrogens (tertiary/aromatic N) is 1. The van der Waals surface area contributed by atoms with Gasteiger partial charge in [0.05, 0.1) is 0 Å². The van der Waals surface area contributed by atoms with Crippen LogP contribution in [0.25, 0.3) is 0 Å². The van der Waals surface area contributed by atoms with Crippen LogP contribution in [0.3, 0.4) is 0 Å². The van der Waals surface area contributed by atoms with E-state index in [1.165, 1.54) is 141 Å². The van der Waals surface area contributed by atoms with Gasteiger partial charge in [0.2, 0.25) is 0 Å². The van der Waals surface area contributed by atoms with Gasteiger partial charge in [-0.1, -0.05) is 98.0 Å². The molecular formula is C27H53N. The Bertz CT molecular complexity index is 347. The van der Waals surface area contributed by atoms with Crippen molar-refractivity contribution in [2.24, 2.45) is 0 Å². The molecule has 1 heteroatoms. The lowest BCUT2D eigenvalue weighted by Gasteiger charge is -2.20. The standard InChI is InChI=1S/C27H53N/c1-5-9-10-11-12-13-14-16-19-22-27(8-4)23-20-17-15-18-21-26-28(24-6-2)25-7-3/h4-7,9-26H2,1-3H3. The molecule has 0 spiro atoms. The summed E-state index contributed by atoms with van der Waals surface area (Å²) in [5.74, 6) is 0. The van der Waals surface area contributed by atoms with E-state index in [0.717, 1.165) is 0 Å². The SMILES string of the molecule is C=C=C(CCCCCCCCCCC)CCCCCCCN(CCC)CCC. The zero-order chi connectivity index (χ0) is 20.7. The fourth-order valence-electron chi connectivity index (χ4n) is 4.12. The lowest BCUT2D eigenvalue weighted by atomic mass is 10.00. The van der Waals surface area contributed by atoms with Crippen LogP contribution in [0, 0.1) is 0 Å². The first-order valence-corrected chi connectivity index (χ1v) is 12.9. The second kappa shape index (κ2) is 22.8. The van der Waals surface area contributed by atoms with Crippen LogP contribution < -0.4 is 0 Å². The van der Waals surface area contributed by atoms with E-state index in [9.17, 15) is 0 Å². The van der Waals surface area contributed by atoms with E-state index >= 15 is 0 Å². The first-order chi connectivity index (χ1) is 13.8. The Morgan fingerprint density at radius 3 is 1.39 bits per heavy atom. The smallest absolute Gasteiger partial charge is 0.00187 e. The zero-order valence-corrected chi connectivity index (χ0v) is 20.0. The zero-order valence-electron chi connectivity index (χ0n) is 20.0. The molecule has 0 rings (SSSR count). The van der Waals surface area contributed by atoms with E-state index in [1.807, 2.05) is 0 Å². The number of rotatable bonds is 22. The molecule has 0 saturated carbocycles. The van der Waals surface area contributed by atoms with Gasteiger partial charge in [-0.25, -0.2) is 0 Å². The van der Waals surface area contributed by atoms with Crippen LogP contribution in [0.5, 0.6) is 0 Å². The molecular weight excluding hydrogens is 338 g/mol. The highest BCUT2D eigenvalue weighted by molar-refractivity contribution is 4.98. The first kappa shape index (κ1) is 27.5. The first-order valence-electron chi connectivity index (χ1n) is 12.9. The molecule has 0 aliphatic rings. The Morgan fingerprint density at radius 2 is 0.964 bits per heavy atom. The van der Waals surface area contributed by atoms with Crippen molar-refractivity contribution >= 4 is 0 Å². The van der Waals surface area contributed by atoms with Crippen molar-refractivity contribution in [1.82, 2.24) is 4.90 Å².